The molecule has 0 saturated carbocycles. The zero-order valence-electron chi connectivity index (χ0n) is 12.0. The molecule has 0 bridgehead atoms. The molecule has 0 aromatic carbocycles. The average Bonchev–Trinajstić information content (AvgIpc) is 2.75. The van der Waals surface area contributed by atoms with Crippen molar-refractivity contribution in [3.63, 3.8) is 0 Å². The highest BCUT2D eigenvalue weighted by Gasteiger charge is 2.28. The second kappa shape index (κ2) is 6.07. The Labute approximate surface area is 118 Å². The van der Waals surface area contributed by atoms with E-state index in [1.807, 2.05) is 13.0 Å². The van der Waals surface area contributed by atoms with Gasteiger partial charge in [-0.2, -0.15) is 5.10 Å². The number of aryl methyl sites for hydroxylation is 2. The van der Waals surface area contributed by atoms with Crippen molar-refractivity contribution in [1.29, 1.82) is 0 Å². The molecule has 110 valence electrons. The normalized spacial score (nSPS) is 17.0. The van der Waals surface area contributed by atoms with E-state index in [4.69, 9.17) is 0 Å². The van der Waals surface area contributed by atoms with E-state index >= 15 is 0 Å². The van der Waals surface area contributed by atoms with Crippen LogP contribution in [0.1, 0.15) is 43.1 Å². The van der Waals surface area contributed by atoms with Gasteiger partial charge in [-0.25, -0.2) is 4.79 Å². The number of aromatic nitrogens is 2. The van der Waals surface area contributed by atoms with Crippen LogP contribution in [-0.4, -0.2) is 44.8 Å². The Hall–Kier alpha value is -1.85. The number of rotatable bonds is 4. The summed E-state index contributed by atoms with van der Waals surface area (Å²) in [5.41, 5.74) is 1.53. The Bertz CT molecular complexity index is 504. The van der Waals surface area contributed by atoms with E-state index in [0.29, 0.717) is 0 Å². The summed E-state index contributed by atoms with van der Waals surface area (Å²) in [7, 11) is 0. The molecule has 1 amide bonds. The monoisotopic (exact) mass is 279 g/mol. The predicted molar refractivity (Wildman–Crippen MR) is 73.4 cm³/mol. The molecule has 1 aliphatic rings. The third-order valence-electron chi connectivity index (χ3n) is 3.70. The summed E-state index contributed by atoms with van der Waals surface area (Å²) in [6, 6.07) is 0.902. The van der Waals surface area contributed by atoms with Gasteiger partial charge >= 0.3 is 5.97 Å². The first-order valence-corrected chi connectivity index (χ1v) is 7.02. The van der Waals surface area contributed by atoms with Crippen LogP contribution in [0.25, 0.3) is 0 Å². The molecule has 6 nitrogen and oxygen atoms in total. The molecule has 0 unspecified atom stereocenters. The number of likely N-dealkylation sites (tertiary alicyclic amines) is 1. The number of piperidine rings is 1. The third-order valence-corrected chi connectivity index (χ3v) is 3.70. The number of carbonyl (C=O) groups is 2. The van der Waals surface area contributed by atoms with Gasteiger partial charge in [0.25, 0.3) is 0 Å². The standard InChI is InChI=1S/C14H21N3O3/c1-10-8-11(2)17(15-10)12(14(19)20)9-13(18)16-6-4-3-5-7-16/h8,12H,3-7,9H2,1-2H3,(H,19,20)/t12-/m1/s1. The highest BCUT2D eigenvalue weighted by molar-refractivity contribution is 5.83. The molecule has 6 heteroatoms. The van der Waals surface area contributed by atoms with Gasteiger partial charge in [0.1, 0.15) is 0 Å². The van der Waals surface area contributed by atoms with Gasteiger partial charge in [-0.05, 0) is 39.2 Å². The first-order valence-electron chi connectivity index (χ1n) is 7.02. The van der Waals surface area contributed by atoms with Crippen LogP contribution in [0.15, 0.2) is 6.07 Å². The van der Waals surface area contributed by atoms with E-state index in [9.17, 15) is 14.7 Å². The fourth-order valence-corrected chi connectivity index (χ4v) is 2.68. The van der Waals surface area contributed by atoms with Crippen LogP contribution >= 0.6 is 0 Å². The molecular formula is C14H21N3O3. The second-order valence-corrected chi connectivity index (χ2v) is 5.37. The summed E-state index contributed by atoms with van der Waals surface area (Å²) in [5.74, 6) is -1.11. The Morgan fingerprint density at radius 3 is 2.45 bits per heavy atom. The maximum absolute atomic E-state index is 12.2. The van der Waals surface area contributed by atoms with Crippen molar-refractivity contribution in [2.24, 2.45) is 0 Å². The summed E-state index contributed by atoms with van der Waals surface area (Å²) in [6.45, 7) is 5.10. The SMILES string of the molecule is Cc1cc(C)n([C@H](CC(=O)N2CCCCC2)C(=O)O)n1. The number of carboxylic acids is 1. The molecule has 2 rings (SSSR count). The molecule has 1 aliphatic heterocycles. The maximum atomic E-state index is 12.2. The molecule has 1 saturated heterocycles. The van der Waals surface area contributed by atoms with E-state index in [0.717, 1.165) is 43.7 Å². The number of nitrogens with zero attached hydrogens (tertiary/aromatic N) is 3. The van der Waals surface area contributed by atoms with Crippen LogP contribution in [0.5, 0.6) is 0 Å². The van der Waals surface area contributed by atoms with Crippen molar-refractivity contribution in [3.8, 4) is 0 Å². The smallest absolute Gasteiger partial charge is 0.329 e. The van der Waals surface area contributed by atoms with Gasteiger partial charge in [0, 0.05) is 18.8 Å². The molecule has 0 spiro atoms. The molecule has 20 heavy (non-hydrogen) atoms. The second-order valence-electron chi connectivity index (χ2n) is 5.37. The van der Waals surface area contributed by atoms with E-state index in [2.05, 4.69) is 5.10 Å². The van der Waals surface area contributed by atoms with Gasteiger partial charge in [-0.15, -0.1) is 0 Å². The summed E-state index contributed by atoms with van der Waals surface area (Å²) in [4.78, 5) is 25.4. The minimum atomic E-state index is -1.01. The lowest BCUT2D eigenvalue weighted by atomic mass is 10.1. The number of hydrogen-bond acceptors (Lipinski definition) is 3. The van der Waals surface area contributed by atoms with Crippen molar-refractivity contribution in [2.45, 2.75) is 45.6 Å². The largest absolute Gasteiger partial charge is 0.480 e. The Morgan fingerprint density at radius 2 is 1.95 bits per heavy atom. The molecule has 1 aromatic rings. The number of hydrogen-bond donors (Lipinski definition) is 1. The average molecular weight is 279 g/mol. The quantitative estimate of drug-likeness (QED) is 0.907. The summed E-state index contributed by atoms with van der Waals surface area (Å²) in [5, 5.41) is 13.6. The van der Waals surface area contributed by atoms with Gasteiger partial charge in [0.2, 0.25) is 5.91 Å². The predicted octanol–water partition coefficient (Wildman–Crippen LogP) is 1.53. The summed E-state index contributed by atoms with van der Waals surface area (Å²) < 4.78 is 1.44. The van der Waals surface area contributed by atoms with E-state index in [1.54, 1.807) is 11.8 Å². The van der Waals surface area contributed by atoms with Crippen molar-refractivity contribution < 1.29 is 14.7 Å². The van der Waals surface area contributed by atoms with Crippen molar-refractivity contribution in [3.05, 3.63) is 17.5 Å². The summed E-state index contributed by atoms with van der Waals surface area (Å²) >= 11 is 0. The highest BCUT2D eigenvalue weighted by Crippen LogP contribution is 2.18. The van der Waals surface area contributed by atoms with Gasteiger partial charge in [-0.1, -0.05) is 0 Å². The molecule has 0 aliphatic carbocycles. The van der Waals surface area contributed by atoms with Crippen LogP contribution in [0.3, 0.4) is 0 Å². The number of amides is 1. The van der Waals surface area contributed by atoms with E-state index in [-0.39, 0.29) is 12.3 Å². The van der Waals surface area contributed by atoms with Gasteiger partial charge in [0.15, 0.2) is 6.04 Å². The maximum Gasteiger partial charge on any atom is 0.329 e. The number of aliphatic carboxylic acids is 1. The Morgan fingerprint density at radius 1 is 1.30 bits per heavy atom. The fourth-order valence-electron chi connectivity index (χ4n) is 2.68. The van der Waals surface area contributed by atoms with E-state index in [1.165, 1.54) is 4.68 Å². The van der Waals surface area contributed by atoms with E-state index < -0.39 is 12.0 Å². The van der Waals surface area contributed by atoms with Crippen LogP contribution in [0.4, 0.5) is 0 Å². The lowest BCUT2D eigenvalue weighted by molar-refractivity contribution is -0.145. The zero-order valence-corrected chi connectivity index (χ0v) is 12.0. The zero-order chi connectivity index (χ0) is 14.7. The van der Waals surface area contributed by atoms with Gasteiger partial charge in [0.05, 0.1) is 12.1 Å². The first kappa shape index (κ1) is 14.6. The van der Waals surface area contributed by atoms with Crippen LogP contribution in [-0.2, 0) is 9.59 Å². The Kier molecular flexibility index (Phi) is 4.42. The fraction of sp³-hybridized carbons (Fsp3) is 0.643. The molecular weight excluding hydrogens is 258 g/mol. The molecule has 1 aromatic heterocycles. The van der Waals surface area contributed by atoms with Crippen molar-refractivity contribution in [1.82, 2.24) is 14.7 Å². The highest BCUT2D eigenvalue weighted by atomic mass is 16.4. The van der Waals surface area contributed by atoms with Gasteiger partial charge in [-0.3, -0.25) is 9.48 Å². The lowest BCUT2D eigenvalue weighted by Gasteiger charge is -2.28. The minimum absolute atomic E-state index is 0.0305. The molecule has 1 atom stereocenters. The third kappa shape index (κ3) is 3.18. The van der Waals surface area contributed by atoms with Crippen LogP contribution < -0.4 is 0 Å². The van der Waals surface area contributed by atoms with Crippen molar-refractivity contribution in [2.75, 3.05) is 13.1 Å². The van der Waals surface area contributed by atoms with Crippen LogP contribution in [0, 0.1) is 13.8 Å². The first-order chi connectivity index (χ1) is 9.49. The Balaban J connectivity index is 2.11. The molecule has 1 fully saturated rings. The lowest BCUT2D eigenvalue weighted by Crippen LogP contribution is -2.38. The van der Waals surface area contributed by atoms with Crippen molar-refractivity contribution >= 4 is 11.9 Å². The number of carbonyl (C=O) groups excluding carboxylic acids is 1. The van der Waals surface area contributed by atoms with Gasteiger partial charge < -0.3 is 10.0 Å². The molecule has 0 radical (unpaired) electrons. The topological polar surface area (TPSA) is 75.4 Å². The molecule has 1 N–H and O–H groups in total. The van der Waals surface area contributed by atoms with Crippen LogP contribution in [0.2, 0.25) is 0 Å². The minimum Gasteiger partial charge on any atom is -0.480 e. The molecule has 2 heterocycles. The summed E-state index contributed by atoms with van der Waals surface area (Å²) in [6.07, 6.45) is 3.12. The number of carboxylic acid groups (broad SMARTS) is 1.